The van der Waals surface area contributed by atoms with Gasteiger partial charge in [0.05, 0.1) is 0 Å². The summed E-state index contributed by atoms with van der Waals surface area (Å²) in [6.07, 6.45) is 0. The van der Waals surface area contributed by atoms with E-state index >= 15 is 0 Å². The van der Waals surface area contributed by atoms with Gasteiger partial charge in [0.1, 0.15) is 0 Å². The zero-order valence-corrected chi connectivity index (χ0v) is 9.60. The number of hydrogen-bond acceptors (Lipinski definition) is 4. The largest absolute Gasteiger partial charge is 0.412 e. The van der Waals surface area contributed by atoms with Gasteiger partial charge in [0.25, 0.3) is 0 Å². The maximum Gasteiger partial charge on any atom is 0.217 e. The summed E-state index contributed by atoms with van der Waals surface area (Å²) >= 11 is 0. The molecule has 0 fully saturated rings. The number of nitrogens with zero attached hydrogens (tertiary/aromatic N) is 2. The van der Waals surface area contributed by atoms with E-state index in [1.165, 1.54) is 7.05 Å². The second-order valence-electron chi connectivity index (χ2n) is 3.56. The van der Waals surface area contributed by atoms with Gasteiger partial charge in [-0.05, 0) is 0 Å². The highest BCUT2D eigenvalue weighted by Crippen LogP contribution is 2.01. The third kappa shape index (κ3) is 1.98. The van der Waals surface area contributed by atoms with Gasteiger partial charge in [-0.2, -0.15) is 5.10 Å². The minimum absolute atomic E-state index is 0. The third-order valence-electron chi connectivity index (χ3n) is 2.45. The Morgan fingerprint density at radius 1 is 1.22 bits per heavy atom. The predicted molar refractivity (Wildman–Crippen MR) is 67.7 cm³/mol. The number of guanidine groups is 1. The summed E-state index contributed by atoms with van der Waals surface area (Å²) in [4.78, 5) is 23.8. The predicted octanol–water partition coefficient (Wildman–Crippen LogP) is -1.75. The van der Waals surface area contributed by atoms with Crippen LogP contribution in [0.25, 0.3) is 10.8 Å². The molecule has 0 amide bonds. The molecule has 0 heterocycles. The summed E-state index contributed by atoms with van der Waals surface area (Å²) in [6.45, 7) is 0. The molecule has 2 aromatic carbocycles. The molecule has 0 aliphatic carbocycles. The van der Waals surface area contributed by atoms with E-state index in [0.717, 1.165) is 5.01 Å². The molecule has 7 nitrogen and oxygen atoms in total. The van der Waals surface area contributed by atoms with E-state index in [-0.39, 0.29) is 16.8 Å². The van der Waals surface area contributed by atoms with Gasteiger partial charge in [-0.15, -0.1) is 0 Å². The van der Waals surface area contributed by atoms with Crippen LogP contribution in [0.2, 0.25) is 0 Å². The quantitative estimate of drug-likeness (QED) is 0.352. The molecule has 0 aromatic heterocycles. The first-order chi connectivity index (χ1) is 8.02. The van der Waals surface area contributed by atoms with Gasteiger partial charge in [0, 0.05) is 17.8 Å². The van der Waals surface area contributed by atoms with Crippen molar-refractivity contribution in [1.82, 2.24) is 5.01 Å². The first-order valence-electron chi connectivity index (χ1n) is 4.87. The molecule has 0 spiro atoms. The Balaban J connectivity index is 0.00000162. The molecule has 2 rings (SSSR count). The average Bonchev–Trinajstić information content (AvgIpc) is 2.55. The van der Waals surface area contributed by atoms with Gasteiger partial charge in [0.15, 0.2) is 5.36 Å². The van der Waals surface area contributed by atoms with Crippen LogP contribution in [0.1, 0.15) is 0 Å². The van der Waals surface area contributed by atoms with Crippen LogP contribution in [0.5, 0.6) is 0 Å². The van der Waals surface area contributed by atoms with Crippen molar-refractivity contribution in [3.05, 3.63) is 50.1 Å². The van der Waals surface area contributed by atoms with Gasteiger partial charge < -0.3 is 11.2 Å². The smallest absolute Gasteiger partial charge is 0.217 e. The van der Waals surface area contributed by atoms with Gasteiger partial charge in [-0.3, -0.25) is 15.0 Å². The van der Waals surface area contributed by atoms with E-state index in [9.17, 15) is 9.59 Å². The second kappa shape index (κ2) is 4.76. The van der Waals surface area contributed by atoms with Crippen LogP contribution < -0.4 is 21.9 Å². The normalized spacial score (nSPS) is 9.83. The molecule has 2 aromatic rings. The lowest BCUT2D eigenvalue weighted by Crippen LogP contribution is -2.38. The zero-order chi connectivity index (χ0) is 12.6. The number of benzene rings is 1. The minimum atomic E-state index is -0.432. The van der Waals surface area contributed by atoms with Crippen LogP contribution in [0.4, 0.5) is 0 Å². The highest BCUT2D eigenvalue weighted by Gasteiger charge is 2.10. The lowest BCUT2D eigenvalue weighted by atomic mass is 10.2. The fourth-order valence-electron chi connectivity index (χ4n) is 1.53. The highest BCUT2D eigenvalue weighted by atomic mass is 16.1. The Morgan fingerprint density at radius 2 is 1.67 bits per heavy atom. The lowest BCUT2D eigenvalue weighted by Gasteiger charge is -2.06. The van der Waals surface area contributed by atoms with Crippen molar-refractivity contribution < 1.29 is 5.48 Å². The molecule has 7 heteroatoms. The van der Waals surface area contributed by atoms with E-state index in [4.69, 9.17) is 11.1 Å². The minimum Gasteiger partial charge on any atom is -0.412 e. The molecule has 0 aliphatic heterocycles. The molecule has 0 radical (unpaired) electrons. The van der Waals surface area contributed by atoms with Crippen LogP contribution in [-0.2, 0) is 0 Å². The average molecular weight is 248 g/mol. The molecule has 0 bridgehead atoms. The summed E-state index contributed by atoms with van der Waals surface area (Å²) in [6, 6.07) is 6.51. The Labute approximate surface area is 101 Å². The lowest BCUT2D eigenvalue weighted by molar-refractivity contribution is 0.512. The first-order valence-corrected chi connectivity index (χ1v) is 4.87. The van der Waals surface area contributed by atoms with Crippen LogP contribution in [-0.4, -0.2) is 23.5 Å². The van der Waals surface area contributed by atoms with Crippen LogP contribution in [0.15, 0.2) is 39.0 Å². The SMILES string of the molecule is CN(N=c1c(=O)c2ccccc2c1=O)C(=N)N.O. The van der Waals surface area contributed by atoms with Crippen LogP contribution >= 0.6 is 0 Å². The van der Waals surface area contributed by atoms with Crippen molar-refractivity contribution in [2.75, 3.05) is 7.05 Å². The van der Waals surface area contributed by atoms with E-state index in [1.54, 1.807) is 24.3 Å². The van der Waals surface area contributed by atoms with E-state index in [2.05, 4.69) is 5.10 Å². The van der Waals surface area contributed by atoms with Gasteiger partial charge in [-0.1, -0.05) is 24.3 Å². The van der Waals surface area contributed by atoms with Crippen LogP contribution in [0.3, 0.4) is 0 Å². The number of rotatable bonds is 1. The molecule has 0 saturated heterocycles. The van der Waals surface area contributed by atoms with E-state index in [1.807, 2.05) is 0 Å². The fraction of sp³-hybridized carbons (Fsp3) is 0.0909. The molecular formula is C11H12N4O3. The summed E-state index contributed by atoms with van der Waals surface area (Å²) in [5, 5.41) is 12.3. The Bertz CT molecular complexity index is 694. The monoisotopic (exact) mass is 248 g/mol. The number of fused-ring (bicyclic) bond motifs is 1. The van der Waals surface area contributed by atoms with Crippen molar-refractivity contribution >= 4 is 16.7 Å². The molecule has 5 N–H and O–H groups in total. The van der Waals surface area contributed by atoms with E-state index < -0.39 is 10.9 Å². The molecule has 0 saturated carbocycles. The Morgan fingerprint density at radius 3 is 2.06 bits per heavy atom. The number of hydrogen-bond donors (Lipinski definition) is 2. The Hall–Kier alpha value is -2.54. The zero-order valence-electron chi connectivity index (χ0n) is 9.60. The molecule has 0 unspecified atom stereocenters. The summed E-state index contributed by atoms with van der Waals surface area (Å²) in [5.41, 5.74) is 4.33. The van der Waals surface area contributed by atoms with Crippen molar-refractivity contribution in [2.45, 2.75) is 0 Å². The molecule has 0 atom stereocenters. The summed E-state index contributed by atoms with van der Waals surface area (Å²) in [5.74, 6) is -0.339. The fourth-order valence-corrected chi connectivity index (χ4v) is 1.53. The van der Waals surface area contributed by atoms with Crippen molar-refractivity contribution in [3.63, 3.8) is 0 Å². The van der Waals surface area contributed by atoms with Gasteiger partial charge in [-0.25, -0.2) is 5.01 Å². The van der Waals surface area contributed by atoms with Crippen molar-refractivity contribution in [1.29, 1.82) is 5.41 Å². The molecule has 94 valence electrons. The summed E-state index contributed by atoms with van der Waals surface area (Å²) in [7, 11) is 1.40. The van der Waals surface area contributed by atoms with Crippen molar-refractivity contribution in [2.24, 2.45) is 10.8 Å². The maximum absolute atomic E-state index is 11.9. The summed E-state index contributed by atoms with van der Waals surface area (Å²) < 4.78 is 0. The topological polar surface area (TPSA) is 131 Å². The highest BCUT2D eigenvalue weighted by molar-refractivity contribution is 5.83. The second-order valence-corrected chi connectivity index (χ2v) is 3.56. The molecule has 0 aliphatic rings. The number of nitrogens with one attached hydrogen (secondary N) is 1. The Kier molecular flexibility index (Phi) is 3.58. The molecular weight excluding hydrogens is 236 g/mol. The standard InChI is InChI=1S/C11H10N4O2.H2O/c1-15(11(12)13)14-8-9(16)6-4-2-3-5-7(6)10(8)17;/h2-5H,1H3,(H3,12,13);1H2. The van der Waals surface area contributed by atoms with Gasteiger partial charge in [0.2, 0.25) is 16.8 Å². The van der Waals surface area contributed by atoms with Gasteiger partial charge >= 0.3 is 0 Å². The number of nitrogens with two attached hydrogens (primary N) is 1. The van der Waals surface area contributed by atoms with Crippen LogP contribution in [0, 0.1) is 5.41 Å². The van der Waals surface area contributed by atoms with E-state index in [0.29, 0.717) is 10.8 Å². The first kappa shape index (κ1) is 13.5. The molecule has 18 heavy (non-hydrogen) atoms. The third-order valence-corrected chi connectivity index (χ3v) is 2.45. The maximum atomic E-state index is 11.9. The van der Waals surface area contributed by atoms with Crippen molar-refractivity contribution in [3.8, 4) is 0 Å².